The van der Waals surface area contributed by atoms with Crippen molar-refractivity contribution in [1.82, 2.24) is 15.4 Å². The van der Waals surface area contributed by atoms with Crippen LogP contribution in [0.25, 0.3) is 11.0 Å². The fourth-order valence-electron chi connectivity index (χ4n) is 0.989. The van der Waals surface area contributed by atoms with Gasteiger partial charge in [-0.25, -0.2) is 0 Å². The van der Waals surface area contributed by atoms with Crippen molar-refractivity contribution in [2.24, 2.45) is 0 Å². The Morgan fingerprint density at radius 1 is 1.20 bits per heavy atom. The molecule has 5 nitrogen and oxygen atoms in total. The average Bonchev–Trinajstić information content (AvgIpc) is 2.75. The summed E-state index contributed by atoms with van der Waals surface area (Å²) in [7, 11) is -6.00. The Labute approximate surface area is 112 Å². The summed E-state index contributed by atoms with van der Waals surface area (Å²) in [4.78, 5) is 9.82. The molecule has 0 saturated carbocycles. The summed E-state index contributed by atoms with van der Waals surface area (Å²) in [6.45, 7) is 3.65. The Morgan fingerprint density at radius 3 is 1.85 bits per heavy atom. The highest BCUT2D eigenvalue weighted by Gasteiger charge is 2.20. The van der Waals surface area contributed by atoms with E-state index in [0.29, 0.717) is 6.61 Å². The van der Waals surface area contributed by atoms with Gasteiger partial charge in [-0.15, -0.1) is 0 Å². The fourth-order valence-corrected chi connectivity index (χ4v) is 0.989. The monoisotopic (exact) mass is 294 g/mol. The molecule has 112 valence electrons. The molecular formula is C10H13BF4N3O2-. The maximum Gasteiger partial charge on any atom is 0.673 e. The van der Waals surface area contributed by atoms with Crippen molar-refractivity contribution in [3.8, 4) is 0 Å². The zero-order valence-corrected chi connectivity index (χ0v) is 10.8. The minimum atomic E-state index is -6.00. The molecule has 0 amide bonds. The van der Waals surface area contributed by atoms with Gasteiger partial charge in [0.25, 0.3) is 0 Å². The van der Waals surface area contributed by atoms with Crippen LogP contribution in [0.2, 0.25) is 0 Å². The van der Waals surface area contributed by atoms with Gasteiger partial charge < -0.3 is 22.0 Å². The van der Waals surface area contributed by atoms with Crippen molar-refractivity contribution in [3.05, 3.63) is 24.3 Å². The molecule has 1 aromatic heterocycles. The largest absolute Gasteiger partial charge is 0.673 e. The summed E-state index contributed by atoms with van der Waals surface area (Å²) < 4.78 is 43.4. The third kappa shape index (κ3) is 11.0. The standard InChI is InChI=1S/C6H5N3.C4H8O2.BF4/c1-2-4-6-5(3-1)7-9-8-6;1-3-6-4(2)5;2-1(3,4)5/h1-4H,(H,7,8,9);3H2,1-2H3;/q;;-1. The second kappa shape index (κ2) is 8.89. The van der Waals surface area contributed by atoms with E-state index in [1.165, 1.54) is 6.92 Å². The van der Waals surface area contributed by atoms with Crippen molar-refractivity contribution in [2.45, 2.75) is 13.8 Å². The predicted molar refractivity (Wildman–Crippen MR) is 66.4 cm³/mol. The molecule has 0 saturated heterocycles. The molecule has 1 heterocycles. The summed E-state index contributed by atoms with van der Waals surface area (Å²) in [5, 5.41) is 10.3. The lowest BCUT2D eigenvalue weighted by molar-refractivity contribution is -0.140. The Balaban J connectivity index is 0.000000291. The van der Waals surface area contributed by atoms with Gasteiger partial charge in [0, 0.05) is 6.92 Å². The number of para-hydroxylation sites is 2. The van der Waals surface area contributed by atoms with Crippen LogP contribution in [-0.2, 0) is 9.53 Å². The third-order valence-electron chi connectivity index (χ3n) is 1.57. The van der Waals surface area contributed by atoms with Crippen LogP contribution in [0.4, 0.5) is 17.3 Å². The second-order valence-electron chi connectivity index (χ2n) is 3.23. The Bertz CT molecular complexity index is 482. The molecule has 1 aromatic carbocycles. The molecule has 2 rings (SSSR count). The van der Waals surface area contributed by atoms with Gasteiger partial charge in [-0.05, 0) is 19.1 Å². The number of hydrogen-bond donors (Lipinski definition) is 1. The molecule has 2 aromatic rings. The van der Waals surface area contributed by atoms with E-state index in [1.54, 1.807) is 6.92 Å². The number of hydrogen-bond acceptors (Lipinski definition) is 4. The first-order valence-electron chi connectivity index (χ1n) is 5.50. The number of H-pyrrole nitrogens is 1. The fraction of sp³-hybridized carbons (Fsp3) is 0.300. The van der Waals surface area contributed by atoms with Crippen molar-refractivity contribution < 1.29 is 26.8 Å². The minimum absolute atomic E-state index is 0.211. The number of rotatable bonds is 1. The van der Waals surface area contributed by atoms with Crippen LogP contribution in [-0.4, -0.2) is 35.2 Å². The zero-order chi connectivity index (χ0) is 15.6. The van der Waals surface area contributed by atoms with E-state index >= 15 is 0 Å². The number of carbonyl (C=O) groups is 1. The highest BCUT2D eigenvalue weighted by atomic mass is 19.5. The number of benzene rings is 1. The molecule has 0 bridgehead atoms. The molecular weight excluding hydrogens is 281 g/mol. The first kappa shape index (κ1) is 17.9. The van der Waals surface area contributed by atoms with Crippen LogP contribution in [0.1, 0.15) is 13.8 Å². The summed E-state index contributed by atoms with van der Waals surface area (Å²) in [5.74, 6) is -0.211. The number of ether oxygens (including phenoxy) is 1. The Morgan fingerprint density at radius 2 is 1.60 bits per heavy atom. The van der Waals surface area contributed by atoms with Gasteiger partial charge in [0.05, 0.1) is 6.61 Å². The van der Waals surface area contributed by atoms with Gasteiger partial charge in [0.2, 0.25) is 0 Å². The van der Waals surface area contributed by atoms with Crippen LogP contribution in [0.3, 0.4) is 0 Å². The molecule has 20 heavy (non-hydrogen) atoms. The predicted octanol–water partition coefficient (Wildman–Crippen LogP) is 2.83. The van der Waals surface area contributed by atoms with E-state index in [4.69, 9.17) is 0 Å². The molecule has 0 aliphatic rings. The van der Waals surface area contributed by atoms with Gasteiger partial charge >= 0.3 is 13.2 Å². The van der Waals surface area contributed by atoms with Crippen LogP contribution in [0.15, 0.2) is 24.3 Å². The molecule has 0 fully saturated rings. The maximum absolute atomic E-state index is 9.82. The van der Waals surface area contributed by atoms with E-state index in [0.717, 1.165) is 11.0 Å². The Hall–Kier alpha value is -2.13. The van der Waals surface area contributed by atoms with E-state index in [-0.39, 0.29) is 5.97 Å². The Kier molecular flexibility index (Phi) is 7.94. The average molecular weight is 294 g/mol. The summed E-state index contributed by atoms with van der Waals surface area (Å²) in [6.07, 6.45) is 0. The van der Waals surface area contributed by atoms with Crippen LogP contribution in [0.5, 0.6) is 0 Å². The molecule has 0 aliphatic carbocycles. The number of fused-ring (bicyclic) bond motifs is 1. The molecule has 0 unspecified atom stereocenters. The highest BCUT2D eigenvalue weighted by molar-refractivity contribution is 6.50. The topological polar surface area (TPSA) is 67.9 Å². The molecule has 10 heteroatoms. The van der Waals surface area contributed by atoms with E-state index < -0.39 is 7.25 Å². The smallest absolute Gasteiger partial charge is 0.466 e. The molecule has 0 spiro atoms. The van der Waals surface area contributed by atoms with Crippen molar-refractivity contribution in [3.63, 3.8) is 0 Å². The summed E-state index contributed by atoms with van der Waals surface area (Å²) >= 11 is 0. The van der Waals surface area contributed by atoms with Gasteiger partial charge in [0.1, 0.15) is 11.0 Å². The van der Waals surface area contributed by atoms with Crippen LogP contribution < -0.4 is 0 Å². The maximum atomic E-state index is 9.82. The van der Waals surface area contributed by atoms with Crippen LogP contribution in [0, 0.1) is 0 Å². The van der Waals surface area contributed by atoms with Gasteiger partial charge in [-0.2, -0.15) is 15.4 Å². The second-order valence-corrected chi connectivity index (χ2v) is 3.23. The van der Waals surface area contributed by atoms with Gasteiger partial charge in [-0.3, -0.25) is 4.79 Å². The first-order chi connectivity index (χ1) is 9.24. The molecule has 0 aliphatic heterocycles. The minimum Gasteiger partial charge on any atom is -0.466 e. The number of nitrogens with zero attached hydrogens (tertiary/aromatic N) is 2. The van der Waals surface area contributed by atoms with E-state index in [9.17, 15) is 22.1 Å². The van der Waals surface area contributed by atoms with Crippen molar-refractivity contribution in [1.29, 1.82) is 0 Å². The lowest BCUT2D eigenvalue weighted by Gasteiger charge is -1.94. The number of halogens is 4. The van der Waals surface area contributed by atoms with Gasteiger partial charge in [-0.1, -0.05) is 12.1 Å². The van der Waals surface area contributed by atoms with Crippen molar-refractivity contribution in [2.75, 3.05) is 6.61 Å². The van der Waals surface area contributed by atoms with E-state index in [2.05, 4.69) is 20.1 Å². The van der Waals surface area contributed by atoms with Gasteiger partial charge in [0.15, 0.2) is 0 Å². The first-order valence-corrected chi connectivity index (χ1v) is 5.50. The summed E-state index contributed by atoms with van der Waals surface area (Å²) in [6, 6.07) is 7.70. The highest BCUT2D eigenvalue weighted by Crippen LogP contribution is 2.06. The normalized spacial score (nSPS) is 9.90. The number of carbonyl (C=O) groups excluding carboxylic acids is 1. The zero-order valence-electron chi connectivity index (χ0n) is 10.8. The molecule has 0 radical (unpaired) electrons. The van der Waals surface area contributed by atoms with Crippen molar-refractivity contribution >= 4 is 24.3 Å². The number of nitrogens with one attached hydrogen (secondary N) is 1. The lowest BCUT2D eigenvalue weighted by Crippen LogP contribution is -2.02. The lowest BCUT2D eigenvalue weighted by atomic mass is 10.3. The molecule has 1 N–H and O–H groups in total. The van der Waals surface area contributed by atoms with Crippen LogP contribution >= 0.6 is 0 Å². The third-order valence-corrected chi connectivity index (χ3v) is 1.57. The number of aromatic nitrogens is 3. The number of esters is 1. The number of aromatic amines is 1. The van der Waals surface area contributed by atoms with E-state index in [1.807, 2.05) is 24.3 Å². The summed E-state index contributed by atoms with van der Waals surface area (Å²) in [5.41, 5.74) is 1.83. The quantitative estimate of drug-likeness (QED) is 0.499. The molecule has 0 atom stereocenters. The SMILES string of the molecule is CCOC(C)=O.F[B-](F)(F)F.c1ccc2n[nH]nc2c1.